The zero-order valence-electron chi connectivity index (χ0n) is 17.0. The number of H-pyrrole nitrogens is 1. The van der Waals surface area contributed by atoms with Crippen LogP contribution in [0.2, 0.25) is 0 Å². The Kier molecular flexibility index (Phi) is 4.83. The lowest BCUT2D eigenvalue weighted by Gasteiger charge is -2.19. The van der Waals surface area contributed by atoms with Crippen LogP contribution in [0, 0.1) is 5.92 Å². The lowest BCUT2D eigenvalue weighted by Crippen LogP contribution is -2.19. The highest BCUT2D eigenvalue weighted by atomic mass is 16.5. The molecule has 9 nitrogen and oxygen atoms in total. The predicted molar refractivity (Wildman–Crippen MR) is 116 cm³/mol. The summed E-state index contributed by atoms with van der Waals surface area (Å²) in [5.74, 6) is 1.86. The van der Waals surface area contributed by atoms with Crippen LogP contribution in [0.5, 0.6) is 0 Å². The fourth-order valence-corrected chi connectivity index (χ4v) is 3.38. The van der Waals surface area contributed by atoms with Crippen LogP contribution in [0.1, 0.15) is 25.8 Å². The van der Waals surface area contributed by atoms with E-state index >= 15 is 0 Å². The lowest BCUT2D eigenvalue weighted by atomic mass is 10.0. The van der Waals surface area contributed by atoms with Gasteiger partial charge in [-0.1, -0.05) is 67.5 Å². The first-order valence-corrected chi connectivity index (χ1v) is 9.97. The number of anilines is 1. The molecule has 1 atom stereocenters. The van der Waals surface area contributed by atoms with E-state index in [2.05, 4.69) is 44.5 Å². The van der Waals surface area contributed by atoms with E-state index in [4.69, 9.17) is 14.5 Å². The normalized spacial score (nSPS) is 12.4. The van der Waals surface area contributed by atoms with Crippen molar-refractivity contribution >= 4 is 16.9 Å². The summed E-state index contributed by atoms with van der Waals surface area (Å²) < 4.78 is 5.52. The Morgan fingerprint density at radius 3 is 2.52 bits per heavy atom. The van der Waals surface area contributed by atoms with E-state index in [1.165, 1.54) is 6.33 Å². The van der Waals surface area contributed by atoms with Gasteiger partial charge in [-0.05, 0) is 12.0 Å². The summed E-state index contributed by atoms with van der Waals surface area (Å²) in [6.07, 6.45) is 1.40. The molecule has 3 aromatic heterocycles. The molecule has 0 radical (unpaired) electrons. The molecular weight excluding hydrogens is 392 g/mol. The minimum absolute atomic E-state index is 0.137. The van der Waals surface area contributed by atoms with Crippen LogP contribution >= 0.6 is 0 Å². The maximum absolute atomic E-state index is 5.52. The first kappa shape index (κ1) is 18.9. The summed E-state index contributed by atoms with van der Waals surface area (Å²) in [6, 6.07) is 17.8. The van der Waals surface area contributed by atoms with Crippen molar-refractivity contribution in [3.05, 3.63) is 66.8 Å². The van der Waals surface area contributed by atoms with E-state index in [9.17, 15) is 0 Å². The van der Waals surface area contributed by atoms with Gasteiger partial charge in [0.1, 0.15) is 12.4 Å². The van der Waals surface area contributed by atoms with E-state index in [-0.39, 0.29) is 12.0 Å². The molecule has 2 N–H and O–H groups in total. The van der Waals surface area contributed by atoms with Gasteiger partial charge >= 0.3 is 0 Å². The van der Waals surface area contributed by atoms with Gasteiger partial charge in [0.05, 0.1) is 11.2 Å². The summed E-state index contributed by atoms with van der Waals surface area (Å²) in [5, 5.41) is 15.0. The van der Waals surface area contributed by atoms with Crippen molar-refractivity contribution in [1.82, 2.24) is 35.3 Å². The molecule has 0 aliphatic rings. The van der Waals surface area contributed by atoms with Crippen LogP contribution in [0.3, 0.4) is 0 Å². The summed E-state index contributed by atoms with van der Waals surface area (Å²) >= 11 is 0. The van der Waals surface area contributed by atoms with Crippen molar-refractivity contribution in [2.75, 3.05) is 5.32 Å². The first-order valence-electron chi connectivity index (χ1n) is 9.97. The molecule has 0 aliphatic carbocycles. The Labute approximate surface area is 178 Å². The quantitative estimate of drug-likeness (QED) is 0.424. The second kappa shape index (κ2) is 7.94. The highest BCUT2D eigenvalue weighted by molar-refractivity contribution is 5.93. The Bertz CT molecular complexity index is 1300. The molecule has 9 heteroatoms. The highest BCUT2D eigenvalue weighted by Gasteiger charge is 2.25. The number of aromatic amines is 1. The van der Waals surface area contributed by atoms with Gasteiger partial charge in [0.2, 0.25) is 17.7 Å². The molecule has 154 valence electrons. The molecule has 0 saturated carbocycles. The fourth-order valence-electron chi connectivity index (χ4n) is 3.38. The molecule has 0 bridgehead atoms. The average molecular weight is 412 g/mol. The smallest absolute Gasteiger partial charge is 0.249 e. The van der Waals surface area contributed by atoms with Crippen molar-refractivity contribution in [2.45, 2.75) is 19.9 Å². The number of fused-ring (bicyclic) bond motifs is 1. The molecule has 3 heterocycles. The summed E-state index contributed by atoms with van der Waals surface area (Å²) in [4.78, 5) is 18.1. The summed E-state index contributed by atoms with van der Waals surface area (Å²) in [6.45, 7) is 4.13. The van der Waals surface area contributed by atoms with Crippen LogP contribution in [0.15, 0.2) is 65.4 Å². The van der Waals surface area contributed by atoms with Crippen LogP contribution in [0.4, 0.5) is 5.95 Å². The largest absolute Gasteiger partial charge is 0.342 e. The van der Waals surface area contributed by atoms with Gasteiger partial charge in [-0.15, -0.1) is 0 Å². The minimum Gasteiger partial charge on any atom is -0.342 e. The van der Waals surface area contributed by atoms with Gasteiger partial charge < -0.3 is 9.84 Å². The van der Waals surface area contributed by atoms with Crippen molar-refractivity contribution in [3.63, 3.8) is 0 Å². The zero-order chi connectivity index (χ0) is 21.2. The summed E-state index contributed by atoms with van der Waals surface area (Å²) in [7, 11) is 0. The van der Waals surface area contributed by atoms with Crippen molar-refractivity contribution < 1.29 is 4.52 Å². The molecule has 5 rings (SSSR count). The van der Waals surface area contributed by atoms with E-state index in [1.54, 1.807) is 0 Å². The number of nitrogens with one attached hydrogen (secondary N) is 2. The third kappa shape index (κ3) is 3.73. The third-order valence-corrected chi connectivity index (χ3v) is 4.94. The fraction of sp³-hybridized carbons (Fsp3) is 0.182. The van der Waals surface area contributed by atoms with E-state index < -0.39 is 0 Å². The van der Waals surface area contributed by atoms with Crippen molar-refractivity contribution in [1.29, 1.82) is 0 Å². The molecular formula is C22H20N8O. The van der Waals surface area contributed by atoms with Crippen LogP contribution < -0.4 is 5.32 Å². The molecule has 0 aliphatic heterocycles. The standard InChI is InChI=1S/C22H20N8O/c1-13(2)17(21-28-20(30-31-21)19-23-12-24-29-19)26-22-25-16-11-7-6-10-15(16)18(27-22)14-8-4-3-5-9-14/h3-13,17H,1-2H3,(H,23,24,29)(H,25,26,27). The Morgan fingerprint density at radius 1 is 0.935 bits per heavy atom. The number of hydrogen-bond donors (Lipinski definition) is 2. The van der Waals surface area contributed by atoms with Gasteiger partial charge in [0, 0.05) is 10.9 Å². The maximum Gasteiger partial charge on any atom is 0.249 e. The molecule has 0 saturated heterocycles. The van der Waals surface area contributed by atoms with E-state index in [1.807, 2.05) is 54.6 Å². The Balaban J connectivity index is 1.54. The van der Waals surface area contributed by atoms with Gasteiger partial charge in [-0.2, -0.15) is 10.1 Å². The second-order valence-electron chi connectivity index (χ2n) is 7.44. The van der Waals surface area contributed by atoms with E-state index in [0.717, 1.165) is 22.2 Å². The lowest BCUT2D eigenvalue weighted by molar-refractivity contribution is 0.335. The number of aromatic nitrogens is 7. The molecule has 0 amide bonds. The Hall–Kier alpha value is -4.14. The predicted octanol–water partition coefficient (Wildman–Crippen LogP) is 4.27. The first-order chi connectivity index (χ1) is 15.2. The van der Waals surface area contributed by atoms with Gasteiger partial charge in [0.25, 0.3) is 0 Å². The second-order valence-corrected chi connectivity index (χ2v) is 7.44. The Morgan fingerprint density at radius 2 is 1.74 bits per heavy atom. The zero-order valence-corrected chi connectivity index (χ0v) is 17.0. The number of hydrogen-bond acceptors (Lipinski definition) is 8. The number of para-hydroxylation sites is 1. The molecule has 2 aromatic carbocycles. The van der Waals surface area contributed by atoms with Crippen LogP contribution in [-0.2, 0) is 0 Å². The maximum atomic E-state index is 5.52. The minimum atomic E-state index is -0.283. The van der Waals surface area contributed by atoms with Gasteiger partial charge in [0.15, 0.2) is 5.82 Å². The number of rotatable bonds is 6. The monoisotopic (exact) mass is 412 g/mol. The molecule has 5 aromatic rings. The molecule has 1 unspecified atom stereocenters. The summed E-state index contributed by atoms with van der Waals surface area (Å²) in [5.41, 5.74) is 2.74. The third-order valence-electron chi connectivity index (χ3n) is 4.94. The average Bonchev–Trinajstić information content (AvgIpc) is 3.49. The number of nitrogens with zero attached hydrogens (tertiary/aromatic N) is 6. The van der Waals surface area contributed by atoms with Crippen molar-refractivity contribution in [2.24, 2.45) is 5.92 Å². The van der Waals surface area contributed by atoms with Crippen LogP contribution in [-0.4, -0.2) is 35.3 Å². The van der Waals surface area contributed by atoms with Crippen molar-refractivity contribution in [3.8, 4) is 22.9 Å². The number of benzene rings is 2. The SMILES string of the molecule is CC(C)C(Nc1nc(-c2ccccc2)c2ccccc2n1)c1nc(-c2ncn[nH]2)no1. The van der Waals surface area contributed by atoms with Gasteiger partial charge in [-0.25, -0.2) is 15.0 Å². The molecule has 0 spiro atoms. The highest BCUT2D eigenvalue weighted by Crippen LogP contribution is 2.30. The van der Waals surface area contributed by atoms with E-state index in [0.29, 0.717) is 23.5 Å². The molecule has 0 fully saturated rings. The topological polar surface area (TPSA) is 118 Å². The van der Waals surface area contributed by atoms with Crippen LogP contribution in [0.25, 0.3) is 33.8 Å². The molecule has 31 heavy (non-hydrogen) atoms. The van der Waals surface area contributed by atoms with Gasteiger partial charge in [-0.3, -0.25) is 5.10 Å².